The van der Waals surface area contributed by atoms with Gasteiger partial charge in [-0.25, -0.2) is 0 Å². The maximum atomic E-state index is 2.29. The van der Waals surface area contributed by atoms with Crippen molar-refractivity contribution in [1.82, 2.24) is 0 Å². The summed E-state index contributed by atoms with van der Waals surface area (Å²) in [6.07, 6.45) is 0. The minimum atomic E-state index is 1.36. The predicted octanol–water partition coefficient (Wildman–Crippen LogP) is 2.10. The molecule has 0 aliphatic heterocycles. The van der Waals surface area contributed by atoms with Crippen molar-refractivity contribution < 1.29 is 0 Å². The van der Waals surface area contributed by atoms with E-state index in [1.54, 1.807) is 10.5 Å². The van der Waals surface area contributed by atoms with Crippen LogP contribution in [0.5, 0.6) is 0 Å². The van der Waals surface area contributed by atoms with Crippen molar-refractivity contribution in [2.24, 2.45) is 0 Å². The van der Waals surface area contributed by atoms with Crippen LogP contribution in [0.1, 0.15) is 6.92 Å². The lowest BCUT2D eigenvalue weighted by atomic mass is 11.0. The van der Waals surface area contributed by atoms with E-state index in [1.807, 2.05) is 6.92 Å². The molecular formula is C2H4IPS. The zero-order valence-corrected chi connectivity index (χ0v) is 6.68. The van der Waals surface area contributed by atoms with Crippen LogP contribution in [-0.2, 0) is 10.5 Å². The average Bonchev–Trinajstić information content (AvgIpc) is 1.41. The molecule has 30 valence electrons. The van der Waals surface area contributed by atoms with E-state index in [0.29, 0.717) is 0 Å². The van der Waals surface area contributed by atoms with Gasteiger partial charge in [0.05, 0.1) is 0 Å². The summed E-state index contributed by atoms with van der Waals surface area (Å²) in [7, 11) is 1.80. The molecule has 5 heavy (non-hydrogen) atoms. The predicted molar refractivity (Wildman–Crippen MR) is 40.0 cm³/mol. The Labute approximate surface area is 49.8 Å². The van der Waals surface area contributed by atoms with Crippen molar-refractivity contribution in [1.29, 1.82) is 0 Å². The molecule has 0 aromatic rings. The van der Waals surface area contributed by atoms with E-state index in [-0.39, 0.29) is 0 Å². The van der Waals surface area contributed by atoms with Crippen LogP contribution in [0.3, 0.4) is 0 Å². The fraction of sp³-hybridized carbons (Fsp3) is 0.500. The van der Waals surface area contributed by atoms with Gasteiger partial charge in [0.15, 0.2) is 0 Å². The Morgan fingerprint density at radius 1 is 2.00 bits per heavy atom. The van der Waals surface area contributed by atoms with E-state index >= 15 is 0 Å². The fourth-order valence-corrected chi connectivity index (χ4v) is 2.41. The van der Waals surface area contributed by atoms with Crippen LogP contribution in [0.15, 0.2) is 0 Å². The smallest absolute Gasteiger partial charge is 0.0347 e. The summed E-state index contributed by atoms with van der Waals surface area (Å²) in [5.41, 5.74) is 0. The molecule has 0 spiro atoms. The number of rotatable bonds is 0. The van der Waals surface area contributed by atoms with Crippen molar-refractivity contribution >= 4 is 42.9 Å². The molecule has 0 N–H and O–H groups in total. The first-order chi connectivity index (χ1) is 2.41. The molecule has 0 nitrogen and oxygen atoms in total. The molecule has 0 aliphatic rings. The average molecular weight is 218 g/mol. The van der Waals surface area contributed by atoms with Crippen LogP contribution in [0, 0.1) is 0 Å². The zero-order valence-electron chi connectivity index (χ0n) is 2.81. The highest BCUT2D eigenvalue weighted by Gasteiger charge is 1.39. The first kappa shape index (κ1) is 6.12. The molecule has 0 bridgehead atoms. The van der Waals surface area contributed by atoms with E-state index in [2.05, 4.69) is 27.4 Å². The van der Waals surface area contributed by atoms with Gasteiger partial charge in [-0.05, 0) is 34.3 Å². The molecule has 0 rings (SSSR count). The van der Waals surface area contributed by atoms with E-state index in [1.165, 1.54) is 5.00 Å². The van der Waals surface area contributed by atoms with Gasteiger partial charge in [0.2, 0.25) is 0 Å². The summed E-state index contributed by atoms with van der Waals surface area (Å²) in [6.45, 7) is 2.04. The lowest BCUT2D eigenvalue weighted by molar-refractivity contribution is 2.14. The maximum absolute atomic E-state index is 2.29. The zero-order chi connectivity index (χ0) is 4.12. The summed E-state index contributed by atoms with van der Waals surface area (Å²) in [5, 5.41) is 2.08. The van der Waals surface area contributed by atoms with E-state index in [9.17, 15) is 0 Å². The first-order valence-corrected chi connectivity index (χ1v) is 6.33. The highest BCUT2D eigenvalue weighted by molar-refractivity contribution is 14.2. The molecule has 0 aromatic carbocycles. The van der Waals surface area contributed by atoms with E-state index in [0.717, 1.165) is 0 Å². The van der Waals surface area contributed by atoms with Crippen molar-refractivity contribution in [2.45, 2.75) is 6.92 Å². The second kappa shape index (κ2) is 5.12. The Kier molecular flexibility index (Phi) is 6.27. The maximum Gasteiger partial charge on any atom is 0.0347 e. The Balaban J connectivity index is 3.26. The monoisotopic (exact) mass is 218 g/mol. The van der Waals surface area contributed by atoms with Gasteiger partial charge in [-0.15, -0.1) is 10.5 Å². The van der Waals surface area contributed by atoms with Crippen LogP contribution < -0.4 is 0 Å². The van der Waals surface area contributed by atoms with Gasteiger partial charge >= 0.3 is 0 Å². The number of halogens is 1. The summed E-state index contributed by atoms with van der Waals surface area (Å²) < 4.78 is 0. The van der Waals surface area contributed by atoms with Gasteiger partial charge in [-0.3, -0.25) is 0 Å². The van der Waals surface area contributed by atoms with Crippen LogP contribution in [0.4, 0.5) is 0 Å². The van der Waals surface area contributed by atoms with Crippen molar-refractivity contribution in [3.05, 3.63) is 0 Å². The summed E-state index contributed by atoms with van der Waals surface area (Å²) >= 11 is 2.29. The van der Waals surface area contributed by atoms with Crippen molar-refractivity contribution in [3.63, 3.8) is 0 Å². The topological polar surface area (TPSA) is 0 Å². The highest BCUT2D eigenvalue weighted by Crippen LogP contribution is 2.03. The largest absolute Gasteiger partial charge is 0.119 e. The lowest BCUT2D eigenvalue weighted by Gasteiger charge is -1.45. The highest BCUT2D eigenvalue weighted by atomic mass is 127. The molecule has 0 radical (unpaired) electrons. The third kappa shape index (κ3) is 5.12. The van der Waals surface area contributed by atoms with Crippen molar-refractivity contribution in [2.75, 3.05) is 0 Å². The Hall–Kier alpha value is 1.12. The lowest BCUT2D eigenvalue weighted by Crippen LogP contribution is -1.38. The van der Waals surface area contributed by atoms with Crippen LogP contribution in [-0.4, -0.2) is 5.37 Å². The molecule has 0 aromatic heterocycles. The summed E-state index contributed by atoms with van der Waals surface area (Å²) in [5.74, 6) is 0. The standard InChI is InChI=1S/C2H4IPS/c1-2-5-4-3/h2H,1H3. The third-order valence-corrected chi connectivity index (χ3v) is 3.35. The summed E-state index contributed by atoms with van der Waals surface area (Å²) in [4.78, 5) is 1.36. The van der Waals surface area contributed by atoms with Crippen LogP contribution in [0.2, 0.25) is 0 Å². The van der Waals surface area contributed by atoms with E-state index < -0.39 is 0 Å². The first-order valence-electron chi connectivity index (χ1n) is 1.16. The molecule has 0 saturated heterocycles. The molecule has 0 unspecified atom stereocenters. The second-order valence-electron chi connectivity index (χ2n) is 0.410. The number of hydrogen-bond acceptors (Lipinski definition) is 0. The van der Waals surface area contributed by atoms with Gasteiger partial charge in [-0.2, -0.15) is 0 Å². The van der Waals surface area contributed by atoms with Gasteiger partial charge < -0.3 is 0 Å². The van der Waals surface area contributed by atoms with Gasteiger partial charge in [0.25, 0.3) is 0 Å². The fourth-order valence-electron chi connectivity index (χ4n) is 0.0398. The Bertz CT molecular complexity index is 58.0. The quantitative estimate of drug-likeness (QED) is 0.332. The minimum Gasteiger partial charge on any atom is -0.119 e. The number of hydrogen-bond donors (Lipinski definition) is 0. The minimum absolute atomic E-state index is 1.36. The van der Waals surface area contributed by atoms with Crippen LogP contribution >= 0.6 is 27.0 Å². The molecule has 0 fully saturated rings. The normalized spacial score (nSPS) is 7.60. The Morgan fingerprint density at radius 3 is 2.60 bits per heavy atom. The third-order valence-electron chi connectivity index (χ3n) is 0.145. The van der Waals surface area contributed by atoms with Crippen molar-refractivity contribution in [3.8, 4) is 0 Å². The van der Waals surface area contributed by atoms with E-state index in [4.69, 9.17) is 0 Å². The van der Waals surface area contributed by atoms with Gasteiger partial charge in [-0.1, -0.05) is 0 Å². The second-order valence-corrected chi connectivity index (χ2v) is 5.82. The summed E-state index contributed by atoms with van der Waals surface area (Å²) in [6, 6.07) is 0. The molecule has 0 amide bonds. The molecule has 3 heteroatoms. The van der Waals surface area contributed by atoms with Gasteiger partial charge in [0.1, 0.15) is 0 Å². The molecule has 0 saturated carbocycles. The SMILES string of the molecule is CC=S=PI. The molecule has 0 heterocycles. The molecule has 0 atom stereocenters. The molecular weight excluding hydrogens is 214 g/mol. The van der Waals surface area contributed by atoms with Gasteiger partial charge in [0, 0.05) is 5.00 Å². The molecule has 0 aliphatic carbocycles. The Morgan fingerprint density at radius 2 is 2.60 bits per heavy atom. The van der Waals surface area contributed by atoms with Crippen LogP contribution in [0.25, 0.3) is 0 Å².